The number of carbonyl (C=O) groups excluding carboxylic acids is 2. The Kier molecular flexibility index (Phi) is 6.75. The maximum absolute atomic E-state index is 12.1. The number of methoxy groups -OCH3 is 1. The molecule has 0 aliphatic heterocycles. The van der Waals surface area contributed by atoms with E-state index < -0.39 is 30.1 Å². The number of aromatic nitrogens is 1. The molecule has 2 rings (SSSR count). The Hall–Kier alpha value is -2.66. The van der Waals surface area contributed by atoms with Crippen LogP contribution >= 0.6 is 11.3 Å². The first-order valence-electron chi connectivity index (χ1n) is 7.49. The van der Waals surface area contributed by atoms with E-state index in [2.05, 4.69) is 15.0 Å². The van der Waals surface area contributed by atoms with Gasteiger partial charge in [-0.15, -0.1) is 24.5 Å². The molecule has 1 heterocycles. The third-order valence-corrected chi connectivity index (χ3v) is 3.86. The van der Waals surface area contributed by atoms with Crippen LogP contribution in [0.2, 0.25) is 0 Å². The molecule has 2 aromatic rings. The largest absolute Gasteiger partial charge is 0.573 e. The maximum atomic E-state index is 12.1. The van der Waals surface area contributed by atoms with Gasteiger partial charge in [-0.3, -0.25) is 4.79 Å². The number of thiazole rings is 1. The molecular weight excluding hydrogens is 389 g/mol. The lowest BCUT2D eigenvalue weighted by molar-refractivity contribution is -0.274. The Morgan fingerprint density at radius 3 is 2.52 bits per heavy atom. The fourth-order valence-electron chi connectivity index (χ4n) is 1.85. The second kappa shape index (κ2) is 8.82. The number of carbonyl (C=O) groups is 2. The quantitative estimate of drug-likeness (QED) is 0.712. The predicted octanol–water partition coefficient (Wildman–Crippen LogP) is 3.37. The summed E-state index contributed by atoms with van der Waals surface area (Å²) in [5.74, 6) is -1.85. The van der Waals surface area contributed by atoms with E-state index in [1.807, 2.05) is 0 Å². The number of benzene rings is 1. The van der Waals surface area contributed by atoms with Crippen molar-refractivity contribution >= 4 is 28.9 Å². The van der Waals surface area contributed by atoms with Crippen LogP contribution in [0.5, 0.6) is 5.75 Å². The average Bonchev–Trinajstić information content (AvgIpc) is 3.04. The third kappa shape index (κ3) is 6.53. The standard InChI is InChI=1S/C16H15F3N2O5S/c1-9(25-15(23)12-8-27-13(21-12)7-24-2)14(22)20-10-3-5-11(6-4-10)26-16(17,18)19/h3-6,8-9H,7H2,1-2H3,(H,20,22). The zero-order chi connectivity index (χ0) is 20.0. The van der Waals surface area contributed by atoms with E-state index in [1.165, 1.54) is 42.9 Å². The summed E-state index contributed by atoms with van der Waals surface area (Å²) in [7, 11) is 1.49. The first kappa shape index (κ1) is 20.6. The molecule has 1 amide bonds. The lowest BCUT2D eigenvalue weighted by atomic mass is 10.3. The number of ether oxygens (including phenoxy) is 3. The van der Waals surface area contributed by atoms with Crippen molar-refractivity contribution in [3.05, 3.63) is 40.3 Å². The first-order valence-corrected chi connectivity index (χ1v) is 8.37. The van der Waals surface area contributed by atoms with Gasteiger partial charge in [-0.1, -0.05) is 0 Å². The van der Waals surface area contributed by atoms with Crippen LogP contribution in [0.25, 0.3) is 0 Å². The number of hydrogen-bond acceptors (Lipinski definition) is 7. The predicted molar refractivity (Wildman–Crippen MR) is 89.5 cm³/mol. The Bertz CT molecular complexity index is 792. The van der Waals surface area contributed by atoms with Crippen LogP contribution in [0, 0.1) is 0 Å². The highest BCUT2D eigenvalue weighted by Crippen LogP contribution is 2.24. The van der Waals surface area contributed by atoms with E-state index in [-0.39, 0.29) is 18.0 Å². The molecular formula is C16H15F3N2O5S. The minimum Gasteiger partial charge on any atom is -0.448 e. The van der Waals surface area contributed by atoms with Crippen molar-refractivity contribution in [3.63, 3.8) is 0 Å². The van der Waals surface area contributed by atoms with Crippen molar-refractivity contribution in [3.8, 4) is 5.75 Å². The van der Waals surface area contributed by atoms with Gasteiger partial charge in [-0.05, 0) is 31.2 Å². The van der Waals surface area contributed by atoms with Gasteiger partial charge in [0.15, 0.2) is 11.8 Å². The second-order valence-corrected chi connectivity index (χ2v) is 6.11. The summed E-state index contributed by atoms with van der Waals surface area (Å²) in [5.41, 5.74) is 0.272. The molecule has 1 aromatic carbocycles. The molecule has 0 aliphatic rings. The molecule has 0 saturated heterocycles. The van der Waals surface area contributed by atoms with Crippen molar-refractivity contribution in [1.82, 2.24) is 4.98 Å². The van der Waals surface area contributed by atoms with Gasteiger partial charge in [0.25, 0.3) is 5.91 Å². The van der Waals surface area contributed by atoms with Gasteiger partial charge in [-0.2, -0.15) is 0 Å². The summed E-state index contributed by atoms with van der Waals surface area (Å²) in [5, 5.41) is 4.50. The lowest BCUT2D eigenvalue weighted by Crippen LogP contribution is -2.30. The fraction of sp³-hybridized carbons (Fsp3) is 0.312. The molecule has 0 saturated carbocycles. The Labute approximate surface area is 156 Å². The summed E-state index contributed by atoms with van der Waals surface area (Å²) < 4.78 is 50.0. The van der Waals surface area contributed by atoms with Crippen molar-refractivity contribution in [2.24, 2.45) is 0 Å². The number of nitrogens with one attached hydrogen (secondary N) is 1. The van der Waals surface area contributed by atoms with Gasteiger partial charge in [0.2, 0.25) is 0 Å². The van der Waals surface area contributed by atoms with Gasteiger partial charge in [0.05, 0.1) is 6.61 Å². The Morgan fingerprint density at radius 2 is 1.93 bits per heavy atom. The minimum absolute atomic E-state index is 0.0559. The van der Waals surface area contributed by atoms with E-state index in [9.17, 15) is 22.8 Å². The molecule has 1 aromatic heterocycles. The topological polar surface area (TPSA) is 86.8 Å². The molecule has 1 atom stereocenters. The summed E-state index contributed by atoms with van der Waals surface area (Å²) in [4.78, 5) is 28.1. The zero-order valence-electron chi connectivity index (χ0n) is 14.2. The maximum Gasteiger partial charge on any atom is 0.573 e. The normalized spacial score (nSPS) is 12.3. The van der Waals surface area contributed by atoms with Gasteiger partial charge in [0.1, 0.15) is 10.8 Å². The molecule has 0 bridgehead atoms. The van der Waals surface area contributed by atoms with Gasteiger partial charge < -0.3 is 19.5 Å². The lowest BCUT2D eigenvalue weighted by Gasteiger charge is -2.13. The number of esters is 1. The SMILES string of the molecule is COCc1nc(C(=O)OC(C)C(=O)Nc2ccc(OC(F)(F)F)cc2)cs1. The molecule has 146 valence electrons. The number of hydrogen-bond donors (Lipinski definition) is 1. The summed E-state index contributed by atoms with van der Waals surface area (Å²) in [6.07, 6.45) is -5.94. The van der Waals surface area contributed by atoms with Crippen LogP contribution in [0.1, 0.15) is 22.4 Å². The van der Waals surface area contributed by atoms with E-state index in [4.69, 9.17) is 9.47 Å². The number of alkyl halides is 3. The van der Waals surface area contributed by atoms with Crippen molar-refractivity contribution in [1.29, 1.82) is 0 Å². The average molecular weight is 404 g/mol. The van der Waals surface area contributed by atoms with E-state index in [0.29, 0.717) is 5.01 Å². The van der Waals surface area contributed by atoms with Crippen LogP contribution in [0.3, 0.4) is 0 Å². The third-order valence-electron chi connectivity index (χ3n) is 3.04. The second-order valence-electron chi connectivity index (χ2n) is 5.17. The molecule has 0 radical (unpaired) electrons. The number of anilines is 1. The highest BCUT2D eigenvalue weighted by Gasteiger charge is 2.31. The molecule has 11 heteroatoms. The van der Waals surface area contributed by atoms with Crippen molar-refractivity contribution in [2.45, 2.75) is 26.0 Å². The van der Waals surface area contributed by atoms with Crippen LogP contribution in [-0.2, 0) is 20.9 Å². The minimum atomic E-state index is -4.80. The molecule has 7 nitrogen and oxygen atoms in total. The van der Waals surface area contributed by atoms with Crippen LogP contribution < -0.4 is 10.1 Å². The van der Waals surface area contributed by atoms with Crippen molar-refractivity contribution < 1.29 is 37.0 Å². The fourth-order valence-corrected chi connectivity index (χ4v) is 2.59. The summed E-state index contributed by atoms with van der Waals surface area (Å²) in [6.45, 7) is 1.61. The number of halogens is 3. The van der Waals surface area contributed by atoms with E-state index in [0.717, 1.165) is 12.1 Å². The first-order chi connectivity index (χ1) is 12.7. The van der Waals surface area contributed by atoms with Gasteiger partial charge in [0, 0.05) is 18.2 Å². The number of amides is 1. The highest BCUT2D eigenvalue weighted by molar-refractivity contribution is 7.09. The Balaban J connectivity index is 1.90. The van der Waals surface area contributed by atoms with E-state index >= 15 is 0 Å². The molecule has 0 spiro atoms. The summed E-state index contributed by atoms with van der Waals surface area (Å²) in [6, 6.07) is 4.55. The molecule has 1 unspecified atom stereocenters. The molecule has 1 N–H and O–H groups in total. The molecule has 0 fully saturated rings. The zero-order valence-corrected chi connectivity index (χ0v) is 15.0. The van der Waals surface area contributed by atoms with E-state index in [1.54, 1.807) is 0 Å². The van der Waals surface area contributed by atoms with Gasteiger partial charge >= 0.3 is 12.3 Å². The smallest absolute Gasteiger partial charge is 0.448 e. The van der Waals surface area contributed by atoms with Crippen LogP contribution in [-0.4, -0.2) is 36.4 Å². The number of nitrogens with zero attached hydrogens (tertiary/aromatic N) is 1. The Morgan fingerprint density at radius 1 is 1.26 bits per heavy atom. The van der Waals surface area contributed by atoms with Crippen LogP contribution in [0.15, 0.2) is 29.6 Å². The van der Waals surface area contributed by atoms with Crippen LogP contribution in [0.4, 0.5) is 18.9 Å². The van der Waals surface area contributed by atoms with Crippen molar-refractivity contribution in [2.75, 3.05) is 12.4 Å². The van der Waals surface area contributed by atoms with Gasteiger partial charge in [-0.25, -0.2) is 9.78 Å². The highest BCUT2D eigenvalue weighted by atomic mass is 32.1. The number of rotatable bonds is 7. The summed E-state index contributed by atoms with van der Waals surface area (Å²) >= 11 is 1.22. The monoisotopic (exact) mass is 404 g/mol. The molecule has 0 aliphatic carbocycles. The molecule has 27 heavy (non-hydrogen) atoms.